The van der Waals surface area contributed by atoms with Crippen LogP contribution in [0.4, 0.5) is 0 Å². The highest BCUT2D eigenvalue weighted by Crippen LogP contribution is 2.19. The van der Waals surface area contributed by atoms with E-state index in [4.69, 9.17) is 14.7 Å². The number of benzene rings is 2. The maximum Gasteiger partial charge on any atom is 0.347 e. The Hall–Kier alpha value is -3.33. The molecule has 1 N–H and O–H groups in total. The summed E-state index contributed by atoms with van der Waals surface area (Å²) in [6.45, 7) is 5.14. The van der Waals surface area contributed by atoms with Gasteiger partial charge < -0.3 is 14.8 Å². The van der Waals surface area contributed by atoms with E-state index >= 15 is 0 Å². The first kappa shape index (κ1) is 22.0. The van der Waals surface area contributed by atoms with Crippen LogP contribution in [0.15, 0.2) is 54.6 Å². The quantitative estimate of drug-likeness (QED) is 0.651. The van der Waals surface area contributed by atoms with Gasteiger partial charge in [-0.25, -0.2) is 4.79 Å². The zero-order valence-corrected chi connectivity index (χ0v) is 16.9. The molecular weight excluding hydrogens is 368 g/mol. The van der Waals surface area contributed by atoms with Crippen LogP contribution in [-0.4, -0.2) is 24.1 Å². The van der Waals surface area contributed by atoms with Gasteiger partial charge in [0.25, 0.3) is 5.91 Å². The van der Waals surface area contributed by atoms with Crippen molar-refractivity contribution in [2.45, 2.75) is 51.9 Å². The van der Waals surface area contributed by atoms with Gasteiger partial charge >= 0.3 is 5.97 Å². The number of amides is 1. The maximum absolute atomic E-state index is 12.5. The number of rotatable bonds is 9. The molecular formula is C23H26N2O4. The number of ether oxygens (including phenoxy) is 2. The molecule has 0 radical (unpaired) electrons. The fourth-order valence-corrected chi connectivity index (χ4v) is 2.77. The summed E-state index contributed by atoms with van der Waals surface area (Å²) in [5.41, 5.74) is 1.51. The first-order valence-corrected chi connectivity index (χ1v) is 9.67. The van der Waals surface area contributed by atoms with Crippen LogP contribution < -0.4 is 10.1 Å². The number of nitrogens with one attached hydrogen (secondary N) is 1. The minimum absolute atomic E-state index is 0.137. The third kappa shape index (κ3) is 6.65. The Balaban J connectivity index is 1.91. The number of hydrogen-bond acceptors (Lipinski definition) is 5. The molecule has 0 heterocycles. The molecule has 2 rings (SSSR count). The predicted molar refractivity (Wildman–Crippen MR) is 109 cm³/mol. The van der Waals surface area contributed by atoms with Crippen molar-refractivity contribution in [1.29, 1.82) is 5.26 Å². The van der Waals surface area contributed by atoms with Gasteiger partial charge in [-0.3, -0.25) is 4.79 Å². The summed E-state index contributed by atoms with van der Waals surface area (Å²) in [7, 11) is 0. The lowest BCUT2D eigenvalue weighted by Crippen LogP contribution is -2.40. The Labute approximate surface area is 171 Å². The second kappa shape index (κ2) is 10.9. The smallest absolute Gasteiger partial charge is 0.347 e. The van der Waals surface area contributed by atoms with E-state index in [1.54, 1.807) is 31.2 Å². The maximum atomic E-state index is 12.5. The molecule has 3 atom stereocenters. The molecule has 0 aliphatic heterocycles. The van der Waals surface area contributed by atoms with Gasteiger partial charge in [0.05, 0.1) is 17.7 Å². The average molecular weight is 394 g/mol. The monoisotopic (exact) mass is 394 g/mol. The van der Waals surface area contributed by atoms with Crippen molar-refractivity contribution < 1.29 is 19.1 Å². The third-order valence-electron chi connectivity index (χ3n) is 4.39. The van der Waals surface area contributed by atoms with Gasteiger partial charge in [-0.1, -0.05) is 43.7 Å². The highest BCUT2D eigenvalue weighted by molar-refractivity contribution is 5.84. The normalized spacial score (nSPS) is 13.4. The number of nitriles is 1. The molecule has 0 saturated carbocycles. The number of esters is 1. The molecule has 0 fully saturated rings. The van der Waals surface area contributed by atoms with Gasteiger partial charge in [-0.15, -0.1) is 0 Å². The average Bonchev–Trinajstić information content (AvgIpc) is 2.74. The topological polar surface area (TPSA) is 88.4 Å². The molecule has 0 aliphatic rings. The summed E-state index contributed by atoms with van der Waals surface area (Å²) >= 11 is 0. The molecule has 0 spiro atoms. The van der Waals surface area contributed by atoms with Crippen molar-refractivity contribution in [3.8, 4) is 11.8 Å². The standard InChI is InChI=1S/C23H26N2O4/c1-4-8-21(19-9-6-5-7-10-19)25-22(26)16(2)29-23(27)17(3)28-20-13-11-18(15-24)12-14-20/h5-7,9-14,16-17,21H,4,8H2,1-3H3,(H,25,26)/t16-,17+,21-/m0/s1. The lowest BCUT2D eigenvalue weighted by Gasteiger charge is -2.22. The zero-order valence-electron chi connectivity index (χ0n) is 16.9. The summed E-state index contributed by atoms with van der Waals surface area (Å²) in [5.74, 6) is -0.548. The Bertz CT molecular complexity index is 843. The van der Waals surface area contributed by atoms with Gasteiger partial charge in [0, 0.05) is 0 Å². The van der Waals surface area contributed by atoms with Gasteiger partial charge in [-0.2, -0.15) is 5.26 Å². The van der Waals surface area contributed by atoms with E-state index in [-0.39, 0.29) is 11.9 Å². The van der Waals surface area contributed by atoms with Crippen LogP contribution in [0.1, 0.15) is 50.8 Å². The predicted octanol–water partition coefficient (Wildman–Crippen LogP) is 3.91. The van der Waals surface area contributed by atoms with Gasteiger partial charge in [0.1, 0.15) is 5.75 Å². The zero-order chi connectivity index (χ0) is 21.2. The first-order chi connectivity index (χ1) is 13.9. The molecule has 0 unspecified atom stereocenters. The summed E-state index contributed by atoms with van der Waals surface area (Å²) in [6.07, 6.45) is -0.144. The summed E-state index contributed by atoms with van der Waals surface area (Å²) in [5, 5.41) is 11.8. The molecule has 0 saturated heterocycles. The molecule has 2 aromatic carbocycles. The van der Waals surface area contributed by atoms with Crippen LogP contribution in [0.3, 0.4) is 0 Å². The Morgan fingerprint density at radius 2 is 1.69 bits per heavy atom. The number of carbonyl (C=O) groups is 2. The first-order valence-electron chi connectivity index (χ1n) is 9.67. The van der Waals surface area contributed by atoms with E-state index in [0.717, 1.165) is 18.4 Å². The Morgan fingerprint density at radius 3 is 2.28 bits per heavy atom. The number of carbonyl (C=O) groups excluding carboxylic acids is 2. The van der Waals surface area contributed by atoms with Crippen molar-refractivity contribution in [2.75, 3.05) is 0 Å². The summed E-state index contributed by atoms with van der Waals surface area (Å²) in [6, 6.07) is 18.0. The lowest BCUT2D eigenvalue weighted by molar-refractivity contribution is -0.161. The molecule has 0 aromatic heterocycles. The van der Waals surface area contributed by atoms with Gasteiger partial charge in [-0.05, 0) is 50.1 Å². The van der Waals surface area contributed by atoms with Crippen LogP contribution in [0, 0.1) is 11.3 Å². The largest absolute Gasteiger partial charge is 0.479 e. The van der Waals surface area contributed by atoms with Crippen LogP contribution in [0.2, 0.25) is 0 Å². The van der Waals surface area contributed by atoms with E-state index in [2.05, 4.69) is 5.32 Å². The Morgan fingerprint density at radius 1 is 1.03 bits per heavy atom. The summed E-state index contributed by atoms with van der Waals surface area (Å²) < 4.78 is 10.8. The fraction of sp³-hybridized carbons (Fsp3) is 0.348. The third-order valence-corrected chi connectivity index (χ3v) is 4.39. The van der Waals surface area contributed by atoms with Crippen LogP contribution in [-0.2, 0) is 14.3 Å². The minimum Gasteiger partial charge on any atom is -0.479 e. The van der Waals surface area contributed by atoms with Crippen molar-refractivity contribution in [2.24, 2.45) is 0 Å². The van der Waals surface area contributed by atoms with Crippen molar-refractivity contribution >= 4 is 11.9 Å². The van der Waals surface area contributed by atoms with E-state index < -0.39 is 18.2 Å². The Kier molecular flexibility index (Phi) is 8.23. The van der Waals surface area contributed by atoms with Crippen molar-refractivity contribution in [1.82, 2.24) is 5.32 Å². The van der Waals surface area contributed by atoms with Crippen LogP contribution in [0.5, 0.6) is 5.75 Å². The molecule has 29 heavy (non-hydrogen) atoms. The molecule has 0 aliphatic carbocycles. The second-order valence-corrected chi connectivity index (χ2v) is 6.74. The van der Waals surface area contributed by atoms with E-state index in [1.807, 2.05) is 43.3 Å². The van der Waals surface area contributed by atoms with E-state index in [0.29, 0.717) is 11.3 Å². The highest BCUT2D eigenvalue weighted by Gasteiger charge is 2.25. The molecule has 152 valence electrons. The summed E-state index contributed by atoms with van der Waals surface area (Å²) in [4.78, 5) is 24.8. The van der Waals surface area contributed by atoms with E-state index in [1.165, 1.54) is 6.92 Å². The van der Waals surface area contributed by atoms with Gasteiger partial charge in [0.15, 0.2) is 12.2 Å². The van der Waals surface area contributed by atoms with Crippen LogP contribution >= 0.6 is 0 Å². The molecule has 1 amide bonds. The number of nitrogens with zero attached hydrogens (tertiary/aromatic N) is 1. The number of hydrogen-bond donors (Lipinski definition) is 1. The molecule has 2 aromatic rings. The molecule has 6 heteroatoms. The van der Waals surface area contributed by atoms with Crippen LogP contribution in [0.25, 0.3) is 0 Å². The lowest BCUT2D eigenvalue weighted by atomic mass is 10.0. The second-order valence-electron chi connectivity index (χ2n) is 6.74. The highest BCUT2D eigenvalue weighted by atomic mass is 16.6. The fourth-order valence-electron chi connectivity index (χ4n) is 2.77. The van der Waals surface area contributed by atoms with Gasteiger partial charge in [0.2, 0.25) is 0 Å². The minimum atomic E-state index is -0.947. The SMILES string of the molecule is CCC[C@H](NC(=O)[C@H](C)OC(=O)[C@@H](C)Oc1ccc(C#N)cc1)c1ccccc1. The van der Waals surface area contributed by atoms with Crippen molar-refractivity contribution in [3.05, 3.63) is 65.7 Å². The molecule has 0 bridgehead atoms. The molecule has 6 nitrogen and oxygen atoms in total. The van der Waals surface area contributed by atoms with Crippen molar-refractivity contribution in [3.63, 3.8) is 0 Å². The van der Waals surface area contributed by atoms with E-state index in [9.17, 15) is 9.59 Å².